The highest BCUT2D eigenvalue weighted by atomic mass is 32.1. The van der Waals surface area contributed by atoms with E-state index in [0.29, 0.717) is 0 Å². The third-order valence-electron chi connectivity index (χ3n) is 3.23. The Kier molecular flexibility index (Phi) is 4.62. The first-order valence-corrected chi connectivity index (χ1v) is 7.25. The lowest BCUT2D eigenvalue weighted by molar-refractivity contribution is 0.354. The zero-order valence-corrected chi connectivity index (χ0v) is 13.3. The molecule has 1 N–H and O–H groups in total. The van der Waals surface area contributed by atoms with E-state index in [1.165, 1.54) is 4.88 Å². The van der Waals surface area contributed by atoms with Gasteiger partial charge in [0.1, 0.15) is 0 Å². The average molecular weight is 292 g/mol. The molecule has 1 heterocycles. The molecule has 0 spiro atoms. The Bertz CT molecular complexity index is 596. The van der Waals surface area contributed by atoms with Gasteiger partial charge in [-0.2, -0.15) is 0 Å². The molecular formula is C15H20N2O2S. The van der Waals surface area contributed by atoms with Crippen molar-refractivity contribution in [2.75, 3.05) is 21.3 Å². The molecule has 0 saturated heterocycles. The van der Waals surface area contributed by atoms with Crippen LogP contribution in [-0.4, -0.2) is 26.3 Å². The molecule has 0 aliphatic rings. The quantitative estimate of drug-likeness (QED) is 0.919. The van der Waals surface area contributed by atoms with Gasteiger partial charge in [-0.15, -0.1) is 11.3 Å². The number of hydrogen-bond donors (Lipinski definition) is 1. The molecule has 108 valence electrons. The van der Waals surface area contributed by atoms with Crippen LogP contribution in [0.3, 0.4) is 0 Å². The van der Waals surface area contributed by atoms with Crippen molar-refractivity contribution in [3.8, 4) is 11.5 Å². The van der Waals surface area contributed by atoms with Gasteiger partial charge >= 0.3 is 0 Å². The molecule has 0 bridgehead atoms. The Labute approximate surface area is 123 Å². The maximum Gasteiger partial charge on any atom is 0.161 e. The largest absolute Gasteiger partial charge is 0.493 e. The Balaban J connectivity index is 2.44. The number of thiazole rings is 1. The maximum atomic E-state index is 5.38. The fourth-order valence-corrected chi connectivity index (χ4v) is 3.36. The lowest BCUT2D eigenvalue weighted by Gasteiger charge is -2.17. The van der Waals surface area contributed by atoms with E-state index < -0.39 is 0 Å². The Hall–Kier alpha value is -1.59. The number of benzene rings is 1. The molecule has 1 atom stereocenters. The van der Waals surface area contributed by atoms with Crippen LogP contribution in [0.4, 0.5) is 0 Å². The Morgan fingerprint density at radius 2 is 1.85 bits per heavy atom. The predicted molar refractivity (Wildman–Crippen MR) is 82.0 cm³/mol. The normalized spacial score (nSPS) is 12.2. The van der Waals surface area contributed by atoms with Gasteiger partial charge in [0, 0.05) is 4.88 Å². The van der Waals surface area contributed by atoms with E-state index in [-0.39, 0.29) is 6.04 Å². The maximum absolute atomic E-state index is 5.38. The van der Waals surface area contributed by atoms with E-state index in [2.05, 4.69) is 16.4 Å². The van der Waals surface area contributed by atoms with E-state index in [0.717, 1.165) is 27.8 Å². The highest BCUT2D eigenvalue weighted by Gasteiger charge is 2.19. The lowest BCUT2D eigenvalue weighted by atomic mass is 10.0. The van der Waals surface area contributed by atoms with Crippen LogP contribution in [0.25, 0.3) is 0 Å². The minimum absolute atomic E-state index is 0.112. The van der Waals surface area contributed by atoms with Crippen molar-refractivity contribution in [3.05, 3.63) is 39.3 Å². The van der Waals surface area contributed by atoms with Crippen molar-refractivity contribution >= 4 is 11.3 Å². The average Bonchev–Trinajstić information content (AvgIpc) is 2.78. The molecule has 20 heavy (non-hydrogen) atoms. The summed E-state index contributed by atoms with van der Waals surface area (Å²) in [5.41, 5.74) is 2.21. The van der Waals surface area contributed by atoms with E-state index in [4.69, 9.17) is 9.47 Å². The summed E-state index contributed by atoms with van der Waals surface area (Å²) in [5.74, 6) is 1.48. The molecule has 2 aromatic rings. The van der Waals surface area contributed by atoms with Crippen LogP contribution in [0.5, 0.6) is 11.5 Å². The molecule has 1 aromatic carbocycles. The summed E-state index contributed by atoms with van der Waals surface area (Å²) in [6.07, 6.45) is 0. The van der Waals surface area contributed by atoms with Crippen molar-refractivity contribution in [3.63, 3.8) is 0 Å². The van der Waals surface area contributed by atoms with E-state index in [1.54, 1.807) is 25.6 Å². The second kappa shape index (κ2) is 6.24. The first-order chi connectivity index (χ1) is 9.60. The van der Waals surface area contributed by atoms with Crippen LogP contribution in [0, 0.1) is 13.8 Å². The second-order valence-electron chi connectivity index (χ2n) is 4.52. The lowest BCUT2D eigenvalue weighted by Crippen LogP contribution is -2.17. The van der Waals surface area contributed by atoms with Gasteiger partial charge in [-0.3, -0.25) is 0 Å². The van der Waals surface area contributed by atoms with E-state index in [1.807, 2.05) is 33.0 Å². The van der Waals surface area contributed by atoms with Crippen LogP contribution < -0.4 is 14.8 Å². The summed E-state index contributed by atoms with van der Waals surface area (Å²) in [6, 6.07) is 6.11. The second-order valence-corrected chi connectivity index (χ2v) is 5.75. The molecule has 0 aliphatic heterocycles. The van der Waals surface area contributed by atoms with Crippen LogP contribution >= 0.6 is 11.3 Å². The van der Waals surface area contributed by atoms with Gasteiger partial charge in [0.05, 0.1) is 31.0 Å². The van der Waals surface area contributed by atoms with Crippen LogP contribution in [0.15, 0.2) is 18.2 Å². The fraction of sp³-hybridized carbons (Fsp3) is 0.400. The molecule has 1 unspecified atom stereocenters. The third-order valence-corrected chi connectivity index (χ3v) is 4.37. The van der Waals surface area contributed by atoms with Gasteiger partial charge in [-0.25, -0.2) is 4.98 Å². The van der Waals surface area contributed by atoms with Crippen molar-refractivity contribution in [2.45, 2.75) is 19.9 Å². The first-order valence-electron chi connectivity index (χ1n) is 6.43. The van der Waals surface area contributed by atoms with Gasteiger partial charge < -0.3 is 14.8 Å². The fourth-order valence-electron chi connectivity index (χ4n) is 2.30. The Morgan fingerprint density at radius 1 is 1.15 bits per heavy atom. The number of nitrogens with one attached hydrogen (secondary N) is 1. The smallest absolute Gasteiger partial charge is 0.161 e. The molecule has 0 amide bonds. The molecule has 0 fully saturated rings. The number of aromatic nitrogens is 1. The molecule has 0 radical (unpaired) electrons. The van der Waals surface area contributed by atoms with Gasteiger partial charge in [0.15, 0.2) is 11.5 Å². The highest BCUT2D eigenvalue weighted by molar-refractivity contribution is 7.11. The molecule has 0 saturated carbocycles. The van der Waals surface area contributed by atoms with E-state index >= 15 is 0 Å². The Morgan fingerprint density at radius 3 is 2.35 bits per heavy atom. The van der Waals surface area contributed by atoms with Crippen molar-refractivity contribution < 1.29 is 9.47 Å². The van der Waals surface area contributed by atoms with Gasteiger partial charge in [-0.05, 0) is 38.6 Å². The summed E-state index contributed by atoms with van der Waals surface area (Å²) >= 11 is 1.72. The van der Waals surface area contributed by atoms with Gasteiger partial charge in [0.25, 0.3) is 0 Å². The zero-order valence-electron chi connectivity index (χ0n) is 12.5. The molecule has 1 aromatic heterocycles. The van der Waals surface area contributed by atoms with Gasteiger partial charge in [0.2, 0.25) is 0 Å². The van der Waals surface area contributed by atoms with Crippen LogP contribution in [0.1, 0.15) is 27.2 Å². The van der Waals surface area contributed by atoms with Crippen molar-refractivity contribution in [2.24, 2.45) is 0 Å². The number of methoxy groups -OCH3 is 2. The highest BCUT2D eigenvalue weighted by Crippen LogP contribution is 2.34. The monoisotopic (exact) mass is 292 g/mol. The first kappa shape index (κ1) is 14.8. The predicted octanol–water partition coefficient (Wildman–Crippen LogP) is 3.09. The molecule has 5 heteroatoms. The van der Waals surface area contributed by atoms with Gasteiger partial charge in [-0.1, -0.05) is 6.07 Å². The number of hydrogen-bond acceptors (Lipinski definition) is 5. The van der Waals surface area contributed by atoms with Crippen molar-refractivity contribution in [1.82, 2.24) is 10.3 Å². The minimum atomic E-state index is 0.112. The number of nitrogens with zero attached hydrogens (tertiary/aromatic N) is 1. The zero-order chi connectivity index (χ0) is 14.7. The van der Waals surface area contributed by atoms with E-state index in [9.17, 15) is 0 Å². The SMILES string of the molecule is CNC(c1ccc(OC)c(OC)c1)c1sc(C)nc1C. The number of rotatable bonds is 5. The molecule has 4 nitrogen and oxygen atoms in total. The standard InChI is InChI=1S/C15H20N2O2S/c1-9-15(20-10(2)17-9)14(16-3)11-6-7-12(18-4)13(8-11)19-5/h6-8,14,16H,1-5H3. The number of aryl methyl sites for hydroxylation is 2. The minimum Gasteiger partial charge on any atom is -0.493 e. The van der Waals surface area contributed by atoms with Crippen molar-refractivity contribution in [1.29, 1.82) is 0 Å². The topological polar surface area (TPSA) is 43.4 Å². The molecule has 0 aliphatic carbocycles. The summed E-state index contributed by atoms with van der Waals surface area (Å²) in [7, 11) is 5.25. The molecular weight excluding hydrogens is 272 g/mol. The number of ether oxygens (including phenoxy) is 2. The molecule has 2 rings (SSSR count). The summed E-state index contributed by atoms with van der Waals surface area (Å²) < 4.78 is 10.7. The summed E-state index contributed by atoms with van der Waals surface area (Å²) in [6.45, 7) is 4.08. The van der Waals surface area contributed by atoms with Crippen LogP contribution in [0.2, 0.25) is 0 Å². The summed E-state index contributed by atoms with van der Waals surface area (Å²) in [5, 5.41) is 4.43. The summed E-state index contributed by atoms with van der Waals surface area (Å²) in [4.78, 5) is 5.74. The third kappa shape index (κ3) is 2.78. The van der Waals surface area contributed by atoms with Crippen LogP contribution in [-0.2, 0) is 0 Å².